The fourth-order valence-corrected chi connectivity index (χ4v) is 4.60. The summed E-state index contributed by atoms with van der Waals surface area (Å²) in [7, 11) is -2.27. The van der Waals surface area contributed by atoms with E-state index in [4.69, 9.17) is 4.74 Å². The van der Waals surface area contributed by atoms with Crippen molar-refractivity contribution in [3.63, 3.8) is 0 Å². The highest BCUT2D eigenvalue weighted by atomic mass is 32.2. The van der Waals surface area contributed by atoms with Gasteiger partial charge >= 0.3 is 0 Å². The summed E-state index contributed by atoms with van der Waals surface area (Å²) in [5.74, 6) is 0.962. The van der Waals surface area contributed by atoms with Gasteiger partial charge in [-0.1, -0.05) is 37.3 Å². The molecule has 1 aromatic heterocycles. The number of nitrogens with one attached hydrogen (secondary N) is 3. The van der Waals surface area contributed by atoms with Gasteiger partial charge in [-0.3, -0.25) is 9.52 Å². The number of hydrogen-bond acceptors (Lipinski definition) is 5. The largest absolute Gasteiger partial charge is 0.497 e. The fourth-order valence-electron chi connectivity index (χ4n) is 3.54. The second kappa shape index (κ2) is 10.4. The van der Waals surface area contributed by atoms with E-state index < -0.39 is 10.0 Å². The number of imidazole rings is 1. The van der Waals surface area contributed by atoms with Gasteiger partial charge in [-0.25, -0.2) is 13.4 Å². The zero-order valence-corrected chi connectivity index (χ0v) is 20.2. The lowest BCUT2D eigenvalue weighted by atomic mass is 10.1. The fraction of sp³-hybridized carbons (Fsp3) is 0.154. The lowest BCUT2D eigenvalue weighted by Crippen LogP contribution is -2.29. The van der Waals surface area contributed by atoms with Crippen molar-refractivity contribution in [3.05, 3.63) is 96.4 Å². The summed E-state index contributed by atoms with van der Waals surface area (Å²) in [4.78, 5) is 20.6. The van der Waals surface area contributed by atoms with Crippen molar-refractivity contribution in [2.24, 2.45) is 0 Å². The molecule has 0 saturated carbocycles. The monoisotopic (exact) mass is 490 g/mol. The van der Waals surface area contributed by atoms with Gasteiger partial charge in [0.25, 0.3) is 15.9 Å². The summed E-state index contributed by atoms with van der Waals surface area (Å²) in [6, 6.07) is 21.8. The van der Waals surface area contributed by atoms with Crippen LogP contribution in [0.4, 0.5) is 5.69 Å². The standard InChI is InChI=1S/C26H26N4O4S/c1-3-23(25-27-17-24(28-25)18-7-5-4-6-8-18)29-26(31)19-9-15-22(16-10-19)35(32,33)30-20-11-13-21(34-2)14-12-20/h4-17,23,30H,3H2,1-2H3,(H,27,28)(H,29,31). The van der Waals surface area contributed by atoms with Crippen molar-refractivity contribution >= 4 is 21.6 Å². The first-order valence-electron chi connectivity index (χ1n) is 11.1. The van der Waals surface area contributed by atoms with Gasteiger partial charge in [0, 0.05) is 11.3 Å². The summed E-state index contributed by atoms with van der Waals surface area (Å²) in [5.41, 5.74) is 2.63. The maximum atomic E-state index is 12.8. The lowest BCUT2D eigenvalue weighted by molar-refractivity contribution is 0.0933. The average Bonchev–Trinajstić information content (AvgIpc) is 3.38. The number of sulfonamides is 1. The highest BCUT2D eigenvalue weighted by molar-refractivity contribution is 7.92. The maximum Gasteiger partial charge on any atom is 0.261 e. The Morgan fingerprint density at radius 3 is 2.31 bits per heavy atom. The topological polar surface area (TPSA) is 113 Å². The van der Waals surface area contributed by atoms with Crippen molar-refractivity contribution in [3.8, 4) is 17.0 Å². The van der Waals surface area contributed by atoms with Crippen molar-refractivity contribution in [2.75, 3.05) is 11.8 Å². The molecule has 35 heavy (non-hydrogen) atoms. The second-order valence-electron chi connectivity index (χ2n) is 7.84. The van der Waals surface area contributed by atoms with E-state index in [1.807, 2.05) is 37.3 Å². The van der Waals surface area contributed by atoms with Gasteiger partial charge < -0.3 is 15.0 Å². The molecule has 4 rings (SSSR count). The van der Waals surface area contributed by atoms with Gasteiger partial charge in [-0.05, 0) is 60.5 Å². The average molecular weight is 491 g/mol. The Kier molecular flexibility index (Phi) is 7.17. The molecule has 0 saturated heterocycles. The molecule has 0 radical (unpaired) electrons. The number of benzene rings is 3. The molecule has 0 aliphatic rings. The molecule has 1 heterocycles. The summed E-state index contributed by atoms with van der Waals surface area (Å²) in [5, 5.41) is 2.96. The number of carbonyl (C=O) groups is 1. The molecule has 0 bridgehead atoms. The highest BCUT2D eigenvalue weighted by Gasteiger charge is 2.19. The number of methoxy groups -OCH3 is 1. The molecule has 3 N–H and O–H groups in total. The Balaban J connectivity index is 1.43. The van der Waals surface area contributed by atoms with E-state index in [0.717, 1.165) is 11.3 Å². The number of aromatic amines is 1. The Hall–Kier alpha value is -4.11. The molecule has 0 aliphatic heterocycles. The third-order valence-corrected chi connectivity index (χ3v) is 6.89. The molecular formula is C26H26N4O4S. The molecule has 3 aromatic carbocycles. The second-order valence-corrected chi connectivity index (χ2v) is 9.52. The van der Waals surface area contributed by atoms with E-state index in [1.165, 1.54) is 31.4 Å². The number of aromatic nitrogens is 2. The molecule has 9 heteroatoms. The minimum Gasteiger partial charge on any atom is -0.497 e. The summed E-state index contributed by atoms with van der Waals surface area (Å²) >= 11 is 0. The Bertz CT molecular complexity index is 1380. The van der Waals surface area contributed by atoms with Crippen molar-refractivity contribution in [1.29, 1.82) is 0 Å². The van der Waals surface area contributed by atoms with Crippen LogP contribution in [0.25, 0.3) is 11.3 Å². The van der Waals surface area contributed by atoms with Crippen LogP contribution in [0.5, 0.6) is 5.75 Å². The first-order valence-corrected chi connectivity index (χ1v) is 12.6. The molecule has 1 atom stereocenters. The van der Waals surface area contributed by atoms with Crippen LogP contribution in [-0.4, -0.2) is 31.4 Å². The van der Waals surface area contributed by atoms with Gasteiger partial charge in [-0.15, -0.1) is 0 Å². The van der Waals surface area contributed by atoms with Crippen LogP contribution in [0.2, 0.25) is 0 Å². The molecule has 180 valence electrons. The zero-order chi connectivity index (χ0) is 24.8. The normalized spacial score (nSPS) is 12.1. The number of hydrogen-bond donors (Lipinski definition) is 3. The molecule has 1 amide bonds. The Morgan fingerprint density at radius 2 is 1.69 bits per heavy atom. The van der Waals surface area contributed by atoms with Crippen molar-refractivity contribution < 1.29 is 17.9 Å². The van der Waals surface area contributed by atoms with Crippen LogP contribution >= 0.6 is 0 Å². The van der Waals surface area contributed by atoms with E-state index in [9.17, 15) is 13.2 Å². The van der Waals surface area contributed by atoms with Crippen LogP contribution in [-0.2, 0) is 10.0 Å². The van der Waals surface area contributed by atoms with Crippen LogP contribution in [0, 0.1) is 0 Å². The van der Waals surface area contributed by atoms with Crippen molar-refractivity contribution in [2.45, 2.75) is 24.3 Å². The predicted molar refractivity (Wildman–Crippen MR) is 135 cm³/mol. The minimum atomic E-state index is -3.81. The van der Waals surface area contributed by atoms with Gasteiger partial charge in [-0.2, -0.15) is 0 Å². The van der Waals surface area contributed by atoms with Crippen molar-refractivity contribution in [1.82, 2.24) is 15.3 Å². The maximum absolute atomic E-state index is 12.8. The number of H-pyrrole nitrogens is 1. The summed E-state index contributed by atoms with van der Waals surface area (Å²) in [6.07, 6.45) is 2.38. The molecule has 0 aliphatic carbocycles. The SMILES string of the molecule is CCC(NC(=O)c1ccc(S(=O)(=O)Nc2ccc(OC)cc2)cc1)c1ncc(-c2ccccc2)[nH]1. The molecule has 1 unspecified atom stereocenters. The predicted octanol–water partition coefficient (Wildman–Crippen LogP) is 4.77. The third-order valence-electron chi connectivity index (χ3n) is 5.49. The van der Waals surface area contributed by atoms with Gasteiger partial charge in [0.05, 0.1) is 29.9 Å². The Labute approximate surface area is 204 Å². The van der Waals surface area contributed by atoms with Gasteiger partial charge in [0.15, 0.2) is 0 Å². The van der Waals surface area contributed by atoms with E-state index in [1.54, 1.807) is 30.5 Å². The first-order chi connectivity index (χ1) is 16.9. The number of rotatable bonds is 9. The molecule has 0 fully saturated rings. The molecule has 0 spiro atoms. The smallest absolute Gasteiger partial charge is 0.261 e. The summed E-state index contributed by atoms with van der Waals surface area (Å²) in [6.45, 7) is 1.95. The van der Waals surface area contributed by atoms with Gasteiger partial charge in [0.2, 0.25) is 0 Å². The third kappa shape index (κ3) is 5.70. The number of ether oxygens (including phenoxy) is 1. The molecular weight excluding hydrogens is 464 g/mol. The van der Waals surface area contributed by atoms with E-state index in [0.29, 0.717) is 29.2 Å². The van der Waals surface area contributed by atoms with E-state index in [-0.39, 0.29) is 16.8 Å². The molecule has 8 nitrogen and oxygen atoms in total. The minimum absolute atomic E-state index is 0.0513. The van der Waals surface area contributed by atoms with Gasteiger partial charge in [0.1, 0.15) is 11.6 Å². The van der Waals surface area contributed by atoms with E-state index in [2.05, 4.69) is 20.0 Å². The number of nitrogens with zero attached hydrogens (tertiary/aromatic N) is 1. The lowest BCUT2D eigenvalue weighted by Gasteiger charge is -2.15. The van der Waals surface area contributed by atoms with Crippen LogP contribution in [0.15, 0.2) is 90.0 Å². The first kappa shape index (κ1) is 24.0. The van der Waals surface area contributed by atoms with E-state index >= 15 is 0 Å². The van der Waals surface area contributed by atoms with Crippen LogP contribution in [0.3, 0.4) is 0 Å². The highest BCUT2D eigenvalue weighted by Crippen LogP contribution is 2.22. The zero-order valence-electron chi connectivity index (χ0n) is 19.4. The molecule has 4 aromatic rings. The van der Waals surface area contributed by atoms with Crippen LogP contribution < -0.4 is 14.8 Å². The quantitative estimate of drug-likeness (QED) is 0.313. The summed E-state index contributed by atoms with van der Waals surface area (Å²) < 4.78 is 33.0. The number of anilines is 1. The number of amides is 1. The number of carbonyl (C=O) groups excluding carboxylic acids is 1. The Morgan fingerprint density at radius 1 is 1.00 bits per heavy atom. The van der Waals surface area contributed by atoms with Crippen LogP contribution in [0.1, 0.15) is 35.6 Å².